The minimum atomic E-state index is -0.846. The molecule has 17 heavy (non-hydrogen) atoms. The second kappa shape index (κ2) is 5.43. The van der Waals surface area contributed by atoms with E-state index in [4.69, 9.17) is 25.8 Å². The number of halogens is 1. The summed E-state index contributed by atoms with van der Waals surface area (Å²) in [6.07, 6.45) is 2.29. The van der Waals surface area contributed by atoms with E-state index in [1.165, 1.54) is 6.42 Å². The van der Waals surface area contributed by atoms with Crippen molar-refractivity contribution >= 4 is 11.6 Å². The van der Waals surface area contributed by atoms with E-state index in [0.717, 1.165) is 6.42 Å². The predicted molar refractivity (Wildman–Crippen MR) is 68.9 cm³/mol. The van der Waals surface area contributed by atoms with Crippen LogP contribution in [0.1, 0.15) is 47.5 Å². The molecular weight excluding hydrogens is 240 g/mol. The SMILES string of the molecule is CC(C)(C)CCC(C)(C)COC1(OCCl)CO1. The molecule has 3 nitrogen and oxygen atoms in total. The molecule has 0 aromatic rings. The Hall–Kier alpha value is 0.170. The van der Waals surface area contributed by atoms with Crippen LogP contribution in [0.4, 0.5) is 0 Å². The predicted octanol–water partition coefficient (Wildman–Crippen LogP) is 3.75. The number of rotatable bonds is 7. The molecule has 1 saturated heterocycles. The standard InChI is InChI=1S/C13H25ClO3/c1-11(2,3)6-7-12(4,5)8-15-13(9-16-13)17-10-14/h6-10H2,1-5H3. The first kappa shape index (κ1) is 15.2. The fourth-order valence-corrected chi connectivity index (χ4v) is 1.61. The Bertz CT molecular complexity index is 242. The van der Waals surface area contributed by atoms with Gasteiger partial charge in [0.05, 0.1) is 6.61 Å². The van der Waals surface area contributed by atoms with Crippen molar-refractivity contribution < 1.29 is 14.2 Å². The summed E-state index contributed by atoms with van der Waals surface area (Å²) < 4.78 is 16.0. The Morgan fingerprint density at radius 2 is 1.71 bits per heavy atom. The second-order valence-corrected chi connectivity index (χ2v) is 6.96. The highest BCUT2D eigenvalue weighted by Gasteiger charge is 2.49. The van der Waals surface area contributed by atoms with Crippen LogP contribution >= 0.6 is 11.6 Å². The van der Waals surface area contributed by atoms with Crippen LogP contribution in [0.25, 0.3) is 0 Å². The van der Waals surface area contributed by atoms with Gasteiger partial charge >= 0.3 is 5.97 Å². The Balaban J connectivity index is 2.29. The lowest BCUT2D eigenvalue weighted by molar-refractivity contribution is -0.229. The molecule has 1 aliphatic heterocycles. The fraction of sp³-hybridized carbons (Fsp3) is 1.00. The molecule has 0 radical (unpaired) electrons. The Morgan fingerprint density at radius 3 is 2.12 bits per heavy atom. The van der Waals surface area contributed by atoms with Gasteiger partial charge in [0, 0.05) is 0 Å². The highest BCUT2D eigenvalue weighted by molar-refractivity contribution is 6.17. The van der Waals surface area contributed by atoms with Crippen molar-refractivity contribution in [3.8, 4) is 0 Å². The van der Waals surface area contributed by atoms with E-state index in [1.807, 2.05) is 0 Å². The minimum absolute atomic E-state index is 0.0996. The summed E-state index contributed by atoms with van der Waals surface area (Å²) in [6, 6.07) is 0.0996. The van der Waals surface area contributed by atoms with Gasteiger partial charge < -0.3 is 14.2 Å². The summed E-state index contributed by atoms with van der Waals surface area (Å²) >= 11 is 5.51. The van der Waals surface area contributed by atoms with Crippen LogP contribution in [-0.4, -0.2) is 25.3 Å². The average molecular weight is 265 g/mol. The van der Waals surface area contributed by atoms with Crippen molar-refractivity contribution in [1.29, 1.82) is 0 Å². The van der Waals surface area contributed by atoms with E-state index in [9.17, 15) is 0 Å². The first-order valence-electron chi connectivity index (χ1n) is 6.16. The van der Waals surface area contributed by atoms with Gasteiger partial charge in [0.25, 0.3) is 0 Å². The molecule has 0 saturated carbocycles. The largest absolute Gasteiger partial charge is 0.325 e. The third kappa shape index (κ3) is 6.05. The lowest BCUT2D eigenvalue weighted by Gasteiger charge is -2.29. The van der Waals surface area contributed by atoms with E-state index in [0.29, 0.717) is 18.6 Å². The molecule has 1 heterocycles. The van der Waals surface area contributed by atoms with Crippen LogP contribution in [0.2, 0.25) is 0 Å². The van der Waals surface area contributed by atoms with Crippen molar-refractivity contribution in [2.45, 2.75) is 53.4 Å². The molecule has 0 aromatic carbocycles. The molecule has 1 rings (SSSR count). The molecule has 1 aliphatic rings. The Morgan fingerprint density at radius 1 is 1.12 bits per heavy atom. The summed E-state index contributed by atoms with van der Waals surface area (Å²) in [7, 11) is 0. The van der Waals surface area contributed by atoms with Crippen LogP contribution in [0.15, 0.2) is 0 Å². The minimum Gasteiger partial charge on any atom is -0.325 e. The number of alkyl halides is 1. The van der Waals surface area contributed by atoms with Crippen LogP contribution in [0.3, 0.4) is 0 Å². The van der Waals surface area contributed by atoms with Crippen LogP contribution in [0.5, 0.6) is 0 Å². The summed E-state index contributed by atoms with van der Waals surface area (Å²) in [5, 5.41) is 0. The maximum atomic E-state index is 5.68. The lowest BCUT2D eigenvalue weighted by Crippen LogP contribution is -2.29. The summed E-state index contributed by atoms with van der Waals surface area (Å²) in [5.41, 5.74) is 0.486. The van der Waals surface area contributed by atoms with Gasteiger partial charge in [-0.3, -0.25) is 0 Å². The molecule has 0 amide bonds. The van der Waals surface area contributed by atoms with Crippen molar-refractivity contribution in [2.75, 3.05) is 19.3 Å². The molecule has 0 bridgehead atoms. The molecule has 1 fully saturated rings. The van der Waals surface area contributed by atoms with Gasteiger partial charge in [0.1, 0.15) is 12.7 Å². The molecular formula is C13H25ClO3. The molecule has 0 spiro atoms. The van der Waals surface area contributed by atoms with Crippen LogP contribution in [-0.2, 0) is 14.2 Å². The quantitative estimate of drug-likeness (QED) is 0.399. The molecule has 1 unspecified atom stereocenters. The van der Waals surface area contributed by atoms with Gasteiger partial charge in [-0.1, -0.05) is 46.2 Å². The molecule has 102 valence electrons. The maximum Gasteiger partial charge on any atom is 0.309 e. The smallest absolute Gasteiger partial charge is 0.309 e. The van der Waals surface area contributed by atoms with E-state index >= 15 is 0 Å². The van der Waals surface area contributed by atoms with Crippen molar-refractivity contribution in [3.63, 3.8) is 0 Å². The second-order valence-electron chi connectivity index (χ2n) is 6.74. The van der Waals surface area contributed by atoms with Gasteiger partial charge in [-0.25, -0.2) is 0 Å². The zero-order chi connectivity index (χ0) is 13.2. The molecule has 0 aromatic heterocycles. The summed E-state index contributed by atoms with van der Waals surface area (Å²) in [4.78, 5) is 0. The Labute approximate surface area is 110 Å². The first-order valence-corrected chi connectivity index (χ1v) is 6.69. The molecule has 0 N–H and O–H groups in total. The maximum absolute atomic E-state index is 5.68. The number of hydrogen-bond donors (Lipinski definition) is 0. The summed E-state index contributed by atoms with van der Waals surface area (Å²) in [6.45, 7) is 12.3. The monoisotopic (exact) mass is 264 g/mol. The summed E-state index contributed by atoms with van der Waals surface area (Å²) in [5.74, 6) is -0.846. The number of hydrogen-bond acceptors (Lipinski definition) is 3. The lowest BCUT2D eigenvalue weighted by atomic mass is 9.80. The third-order valence-electron chi connectivity index (χ3n) is 2.89. The van der Waals surface area contributed by atoms with Crippen molar-refractivity contribution in [1.82, 2.24) is 0 Å². The van der Waals surface area contributed by atoms with Crippen LogP contribution < -0.4 is 0 Å². The topological polar surface area (TPSA) is 31.0 Å². The average Bonchev–Trinajstić information content (AvgIpc) is 2.93. The molecule has 1 atom stereocenters. The normalized spacial score (nSPS) is 25.1. The first-order chi connectivity index (χ1) is 7.68. The van der Waals surface area contributed by atoms with E-state index in [-0.39, 0.29) is 11.5 Å². The zero-order valence-electron chi connectivity index (χ0n) is 11.6. The molecule has 0 aliphatic carbocycles. The van der Waals surface area contributed by atoms with Gasteiger partial charge in [-0.2, -0.15) is 0 Å². The van der Waals surface area contributed by atoms with Crippen molar-refractivity contribution in [3.05, 3.63) is 0 Å². The van der Waals surface area contributed by atoms with Gasteiger partial charge in [-0.15, -0.1) is 0 Å². The molecule has 4 heteroatoms. The van der Waals surface area contributed by atoms with E-state index < -0.39 is 5.97 Å². The number of epoxide rings is 1. The van der Waals surface area contributed by atoms with Gasteiger partial charge in [0.15, 0.2) is 0 Å². The zero-order valence-corrected chi connectivity index (χ0v) is 12.4. The Kier molecular flexibility index (Phi) is 4.87. The van der Waals surface area contributed by atoms with E-state index in [1.54, 1.807) is 0 Å². The van der Waals surface area contributed by atoms with Crippen molar-refractivity contribution in [2.24, 2.45) is 10.8 Å². The van der Waals surface area contributed by atoms with E-state index in [2.05, 4.69) is 34.6 Å². The van der Waals surface area contributed by atoms with Crippen LogP contribution in [0, 0.1) is 10.8 Å². The van der Waals surface area contributed by atoms with Gasteiger partial charge in [0.2, 0.25) is 0 Å². The fourth-order valence-electron chi connectivity index (χ4n) is 1.44. The van der Waals surface area contributed by atoms with Gasteiger partial charge in [-0.05, 0) is 23.7 Å². The number of ether oxygens (including phenoxy) is 3. The third-order valence-corrected chi connectivity index (χ3v) is 3.00. The highest BCUT2D eigenvalue weighted by atomic mass is 35.5. The highest BCUT2D eigenvalue weighted by Crippen LogP contribution is 2.35.